The Morgan fingerprint density at radius 1 is 0.778 bits per heavy atom. The molecule has 0 bridgehead atoms. The van der Waals surface area contributed by atoms with Crippen molar-refractivity contribution in [2.24, 2.45) is 0 Å². The predicted molar refractivity (Wildman–Crippen MR) is 74.3 cm³/mol. The van der Waals surface area contributed by atoms with Crippen LogP contribution in [0.5, 0.6) is 11.5 Å². The molecule has 0 radical (unpaired) electrons. The Balaban J connectivity index is 2.56. The maximum Gasteiger partial charge on any atom is 0.158 e. The van der Waals surface area contributed by atoms with Crippen molar-refractivity contribution in [3.63, 3.8) is 0 Å². The lowest BCUT2D eigenvalue weighted by molar-refractivity contribution is 0.405. The van der Waals surface area contributed by atoms with E-state index in [9.17, 15) is 10.2 Å². The van der Waals surface area contributed by atoms with E-state index in [-0.39, 0.29) is 11.5 Å². The van der Waals surface area contributed by atoms with Gasteiger partial charge in [-0.25, -0.2) is 0 Å². The summed E-state index contributed by atoms with van der Waals surface area (Å²) >= 11 is 0. The molecule has 0 saturated heterocycles. The minimum Gasteiger partial charge on any atom is -0.504 e. The van der Waals surface area contributed by atoms with E-state index in [1.165, 1.54) is 11.1 Å². The molecule has 2 N–H and O–H groups in total. The predicted octanol–water partition coefficient (Wildman–Crippen LogP) is 4.02. The van der Waals surface area contributed by atoms with Crippen LogP contribution in [-0.2, 0) is 0 Å². The highest BCUT2D eigenvalue weighted by atomic mass is 16.3. The molecular formula is C16H14O2. The number of rotatable bonds is 0. The minimum atomic E-state index is -0.0772. The molecular weight excluding hydrogens is 224 g/mol. The van der Waals surface area contributed by atoms with E-state index in [0.29, 0.717) is 0 Å². The molecule has 0 aliphatic carbocycles. The molecule has 0 aliphatic heterocycles. The first-order valence-corrected chi connectivity index (χ1v) is 5.92. The van der Waals surface area contributed by atoms with Gasteiger partial charge in [-0.3, -0.25) is 0 Å². The molecule has 0 aromatic heterocycles. The van der Waals surface area contributed by atoms with E-state index in [4.69, 9.17) is 0 Å². The van der Waals surface area contributed by atoms with Gasteiger partial charge in [-0.1, -0.05) is 29.8 Å². The highest BCUT2D eigenvalue weighted by Crippen LogP contribution is 2.35. The summed E-state index contributed by atoms with van der Waals surface area (Å²) in [7, 11) is 0. The van der Waals surface area contributed by atoms with Crippen LogP contribution < -0.4 is 0 Å². The molecule has 0 amide bonds. The number of benzene rings is 3. The highest BCUT2D eigenvalue weighted by molar-refractivity contribution is 6.10. The number of phenols is 2. The van der Waals surface area contributed by atoms with Gasteiger partial charge >= 0.3 is 0 Å². The van der Waals surface area contributed by atoms with E-state index in [1.54, 1.807) is 12.1 Å². The molecule has 0 atom stereocenters. The van der Waals surface area contributed by atoms with Crippen molar-refractivity contribution < 1.29 is 10.2 Å². The minimum absolute atomic E-state index is 0.0741. The van der Waals surface area contributed by atoms with Crippen molar-refractivity contribution in [1.29, 1.82) is 0 Å². The van der Waals surface area contributed by atoms with E-state index >= 15 is 0 Å². The molecule has 2 heteroatoms. The summed E-state index contributed by atoms with van der Waals surface area (Å²) in [6.07, 6.45) is 0. The van der Waals surface area contributed by atoms with Gasteiger partial charge in [0.2, 0.25) is 0 Å². The Kier molecular flexibility index (Phi) is 2.20. The second-order valence-electron chi connectivity index (χ2n) is 4.81. The summed E-state index contributed by atoms with van der Waals surface area (Å²) < 4.78 is 0. The van der Waals surface area contributed by atoms with Crippen LogP contribution in [0, 0.1) is 13.8 Å². The summed E-state index contributed by atoms with van der Waals surface area (Å²) in [4.78, 5) is 0. The third kappa shape index (κ3) is 1.50. The molecule has 0 unspecified atom stereocenters. The van der Waals surface area contributed by atoms with Crippen molar-refractivity contribution in [3.05, 3.63) is 47.5 Å². The van der Waals surface area contributed by atoms with E-state index in [2.05, 4.69) is 26.0 Å². The zero-order valence-electron chi connectivity index (χ0n) is 10.4. The fourth-order valence-electron chi connectivity index (χ4n) is 2.63. The summed E-state index contributed by atoms with van der Waals surface area (Å²) in [5, 5.41) is 23.4. The average Bonchev–Trinajstić information content (AvgIpc) is 2.30. The van der Waals surface area contributed by atoms with E-state index in [1.807, 2.05) is 12.1 Å². The lowest BCUT2D eigenvalue weighted by Crippen LogP contribution is -1.84. The van der Waals surface area contributed by atoms with Crippen molar-refractivity contribution in [2.75, 3.05) is 0 Å². The Hall–Kier alpha value is -2.22. The van der Waals surface area contributed by atoms with Crippen molar-refractivity contribution in [2.45, 2.75) is 13.8 Å². The fourth-order valence-corrected chi connectivity index (χ4v) is 2.63. The zero-order valence-corrected chi connectivity index (χ0v) is 10.4. The third-order valence-corrected chi connectivity index (χ3v) is 3.37. The lowest BCUT2D eigenvalue weighted by atomic mass is 9.96. The summed E-state index contributed by atoms with van der Waals surface area (Å²) in [5.41, 5.74) is 2.41. The van der Waals surface area contributed by atoms with Crippen LogP contribution in [0.15, 0.2) is 36.4 Å². The summed E-state index contributed by atoms with van der Waals surface area (Å²) in [6.45, 7) is 4.14. The molecule has 3 rings (SSSR count). The smallest absolute Gasteiger partial charge is 0.158 e. The van der Waals surface area contributed by atoms with Crippen molar-refractivity contribution in [1.82, 2.24) is 0 Å². The maximum atomic E-state index is 9.67. The van der Waals surface area contributed by atoms with E-state index < -0.39 is 0 Å². The van der Waals surface area contributed by atoms with Crippen LogP contribution in [0.1, 0.15) is 11.1 Å². The van der Waals surface area contributed by atoms with Crippen molar-refractivity contribution >= 4 is 21.5 Å². The highest BCUT2D eigenvalue weighted by Gasteiger charge is 2.08. The lowest BCUT2D eigenvalue weighted by Gasteiger charge is -2.09. The number of aryl methyl sites for hydroxylation is 2. The fraction of sp³-hybridized carbons (Fsp3) is 0.125. The van der Waals surface area contributed by atoms with Crippen LogP contribution in [0.3, 0.4) is 0 Å². The van der Waals surface area contributed by atoms with Gasteiger partial charge in [0.1, 0.15) is 0 Å². The van der Waals surface area contributed by atoms with Crippen LogP contribution in [0.25, 0.3) is 21.5 Å². The van der Waals surface area contributed by atoms with Crippen LogP contribution in [0.2, 0.25) is 0 Å². The normalized spacial score (nSPS) is 11.2. The molecule has 0 saturated carbocycles. The van der Waals surface area contributed by atoms with Crippen molar-refractivity contribution in [3.8, 4) is 11.5 Å². The molecule has 3 aromatic carbocycles. The average molecular weight is 238 g/mol. The van der Waals surface area contributed by atoms with Gasteiger partial charge in [-0.15, -0.1) is 0 Å². The molecule has 0 heterocycles. The molecule has 18 heavy (non-hydrogen) atoms. The Labute approximate surface area is 105 Å². The van der Waals surface area contributed by atoms with Gasteiger partial charge in [0.05, 0.1) is 0 Å². The Morgan fingerprint density at radius 3 is 2.22 bits per heavy atom. The van der Waals surface area contributed by atoms with Gasteiger partial charge in [0.15, 0.2) is 11.5 Å². The zero-order chi connectivity index (χ0) is 12.9. The second-order valence-corrected chi connectivity index (χ2v) is 4.81. The summed E-state index contributed by atoms with van der Waals surface area (Å²) in [5.74, 6) is -0.151. The first-order valence-electron chi connectivity index (χ1n) is 5.92. The van der Waals surface area contributed by atoms with Crippen LogP contribution in [-0.4, -0.2) is 10.2 Å². The first kappa shape index (κ1) is 10.9. The number of aromatic hydroxyl groups is 2. The van der Waals surface area contributed by atoms with E-state index in [0.717, 1.165) is 21.5 Å². The SMILES string of the molecule is Cc1cc(C)c2c(ccc3cc(O)c(O)cc32)c1. The Morgan fingerprint density at radius 2 is 1.44 bits per heavy atom. The molecule has 0 fully saturated rings. The number of hydrogen-bond acceptors (Lipinski definition) is 2. The summed E-state index contributed by atoms with van der Waals surface area (Å²) in [6, 6.07) is 11.5. The maximum absolute atomic E-state index is 9.67. The number of phenolic OH excluding ortho intramolecular Hbond substituents is 2. The van der Waals surface area contributed by atoms with Gasteiger partial charge in [0.25, 0.3) is 0 Å². The van der Waals surface area contributed by atoms with Gasteiger partial charge < -0.3 is 10.2 Å². The number of hydrogen-bond donors (Lipinski definition) is 2. The van der Waals surface area contributed by atoms with Gasteiger partial charge in [-0.05, 0) is 53.1 Å². The molecule has 0 aliphatic rings. The number of fused-ring (bicyclic) bond motifs is 3. The second kappa shape index (κ2) is 3.64. The molecule has 0 spiro atoms. The van der Waals surface area contributed by atoms with Crippen LogP contribution >= 0.6 is 0 Å². The molecule has 3 aromatic rings. The van der Waals surface area contributed by atoms with Crippen LogP contribution in [0.4, 0.5) is 0 Å². The quantitative estimate of drug-likeness (QED) is 0.458. The Bertz CT molecular complexity index is 773. The standard InChI is InChI=1S/C16H14O2/c1-9-5-10(2)16-12(6-9)4-3-11-7-14(17)15(18)8-13(11)16/h3-8,17-18H,1-2H3. The van der Waals surface area contributed by atoms with Gasteiger partial charge in [-0.2, -0.15) is 0 Å². The largest absolute Gasteiger partial charge is 0.504 e. The molecule has 2 nitrogen and oxygen atoms in total. The first-order chi connectivity index (χ1) is 8.56. The monoisotopic (exact) mass is 238 g/mol. The van der Waals surface area contributed by atoms with Gasteiger partial charge in [0, 0.05) is 0 Å². The third-order valence-electron chi connectivity index (χ3n) is 3.37. The topological polar surface area (TPSA) is 40.5 Å². The molecule has 90 valence electrons.